The molecular weight excluding hydrogens is 347 g/mol. The summed E-state index contributed by atoms with van der Waals surface area (Å²) in [6.07, 6.45) is -4.43. The van der Waals surface area contributed by atoms with Gasteiger partial charge in [-0.1, -0.05) is 17.4 Å². The second-order valence-corrected chi connectivity index (χ2v) is 6.34. The van der Waals surface area contributed by atoms with Crippen molar-refractivity contribution in [2.75, 3.05) is 5.32 Å². The van der Waals surface area contributed by atoms with Gasteiger partial charge in [0.05, 0.1) is 10.4 Å². The standard InChI is InChI=1S/C14H8F3N3OS2/c15-14(16,17)9-5-3-8(4-6-9)11(21)18-13-20-19-12(23-13)10-2-1-7-22-10/h1-7H,(H,18,20,21). The van der Waals surface area contributed by atoms with E-state index in [9.17, 15) is 18.0 Å². The molecule has 2 heterocycles. The van der Waals surface area contributed by atoms with Crippen LogP contribution in [0.2, 0.25) is 0 Å². The van der Waals surface area contributed by atoms with Crippen molar-refractivity contribution in [2.45, 2.75) is 6.18 Å². The highest BCUT2D eigenvalue weighted by Crippen LogP contribution is 2.31. The van der Waals surface area contributed by atoms with Crippen molar-refractivity contribution in [3.63, 3.8) is 0 Å². The van der Waals surface area contributed by atoms with Gasteiger partial charge in [-0.2, -0.15) is 13.2 Å². The lowest BCUT2D eigenvalue weighted by Gasteiger charge is -2.07. The van der Waals surface area contributed by atoms with E-state index in [2.05, 4.69) is 15.5 Å². The Bertz CT molecular complexity index is 811. The summed E-state index contributed by atoms with van der Waals surface area (Å²) in [5.41, 5.74) is -0.684. The number of nitrogens with zero attached hydrogens (tertiary/aromatic N) is 2. The Morgan fingerprint density at radius 3 is 2.43 bits per heavy atom. The SMILES string of the molecule is O=C(Nc1nnc(-c2cccs2)s1)c1ccc(C(F)(F)F)cc1. The molecule has 0 aliphatic carbocycles. The number of nitrogens with one attached hydrogen (secondary N) is 1. The number of thiophene rings is 1. The zero-order valence-corrected chi connectivity index (χ0v) is 12.9. The normalized spacial score (nSPS) is 11.4. The fourth-order valence-corrected chi connectivity index (χ4v) is 3.28. The summed E-state index contributed by atoms with van der Waals surface area (Å²) in [6, 6.07) is 7.74. The van der Waals surface area contributed by atoms with Crippen LogP contribution in [0.1, 0.15) is 15.9 Å². The van der Waals surface area contributed by atoms with E-state index >= 15 is 0 Å². The molecule has 0 aliphatic rings. The van der Waals surface area contributed by atoms with Crippen molar-refractivity contribution in [1.29, 1.82) is 0 Å². The molecule has 0 bridgehead atoms. The van der Waals surface area contributed by atoms with Crippen LogP contribution in [0.5, 0.6) is 0 Å². The van der Waals surface area contributed by atoms with Crippen molar-refractivity contribution in [3.05, 3.63) is 52.9 Å². The van der Waals surface area contributed by atoms with Crippen LogP contribution >= 0.6 is 22.7 Å². The number of hydrogen-bond acceptors (Lipinski definition) is 5. The molecule has 0 aliphatic heterocycles. The Kier molecular flexibility index (Phi) is 4.14. The zero-order chi connectivity index (χ0) is 16.4. The maximum atomic E-state index is 12.5. The predicted octanol–water partition coefficient (Wildman–Crippen LogP) is 4.54. The Labute approximate surface area is 136 Å². The highest BCUT2D eigenvalue weighted by Gasteiger charge is 2.30. The van der Waals surface area contributed by atoms with E-state index in [1.807, 2.05) is 17.5 Å². The molecule has 3 aromatic rings. The van der Waals surface area contributed by atoms with Gasteiger partial charge in [-0.15, -0.1) is 21.5 Å². The maximum Gasteiger partial charge on any atom is 0.416 e. The lowest BCUT2D eigenvalue weighted by atomic mass is 10.1. The van der Waals surface area contributed by atoms with Crippen LogP contribution in [0.3, 0.4) is 0 Å². The molecule has 2 aromatic heterocycles. The molecule has 118 valence electrons. The minimum Gasteiger partial charge on any atom is -0.296 e. The molecule has 0 radical (unpaired) electrons. The number of benzene rings is 1. The third-order valence-electron chi connectivity index (χ3n) is 2.85. The molecule has 0 fully saturated rings. The highest BCUT2D eigenvalue weighted by atomic mass is 32.1. The second kappa shape index (κ2) is 6.09. The van der Waals surface area contributed by atoms with E-state index < -0.39 is 17.6 Å². The molecule has 0 unspecified atom stereocenters. The summed E-state index contributed by atoms with van der Waals surface area (Å²) in [7, 11) is 0. The molecule has 0 saturated carbocycles. The van der Waals surface area contributed by atoms with Gasteiger partial charge in [0, 0.05) is 5.56 Å². The topological polar surface area (TPSA) is 54.9 Å². The quantitative estimate of drug-likeness (QED) is 0.751. The number of rotatable bonds is 3. The van der Waals surface area contributed by atoms with E-state index in [4.69, 9.17) is 0 Å². The fraction of sp³-hybridized carbons (Fsp3) is 0.0714. The van der Waals surface area contributed by atoms with Crippen LogP contribution in [0, 0.1) is 0 Å². The molecule has 0 saturated heterocycles. The number of hydrogen-bond donors (Lipinski definition) is 1. The summed E-state index contributed by atoms with van der Waals surface area (Å²) in [5, 5.41) is 13.2. The number of carbonyl (C=O) groups is 1. The summed E-state index contributed by atoms with van der Waals surface area (Å²) >= 11 is 2.69. The number of anilines is 1. The van der Waals surface area contributed by atoms with Crippen LogP contribution in [-0.2, 0) is 6.18 Å². The largest absolute Gasteiger partial charge is 0.416 e. The Morgan fingerprint density at radius 2 is 1.83 bits per heavy atom. The van der Waals surface area contributed by atoms with E-state index in [0.29, 0.717) is 10.1 Å². The van der Waals surface area contributed by atoms with Gasteiger partial charge in [-0.3, -0.25) is 10.1 Å². The third kappa shape index (κ3) is 3.57. The van der Waals surface area contributed by atoms with Crippen LogP contribution in [0.25, 0.3) is 9.88 Å². The van der Waals surface area contributed by atoms with Gasteiger partial charge in [0.25, 0.3) is 5.91 Å². The van der Waals surface area contributed by atoms with Crippen molar-refractivity contribution in [1.82, 2.24) is 10.2 Å². The first-order valence-electron chi connectivity index (χ1n) is 6.29. The third-order valence-corrected chi connectivity index (χ3v) is 4.73. The zero-order valence-electron chi connectivity index (χ0n) is 11.3. The number of amides is 1. The first-order valence-corrected chi connectivity index (χ1v) is 7.99. The summed E-state index contributed by atoms with van der Waals surface area (Å²) in [5.74, 6) is -0.535. The molecule has 9 heteroatoms. The minimum atomic E-state index is -4.43. The van der Waals surface area contributed by atoms with Crippen LogP contribution < -0.4 is 5.32 Å². The molecule has 23 heavy (non-hydrogen) atoms. The molecular formula is C14H8F3N3OS2. The van der Waals surface area contributed by atoms with Crippen molar-refractivity contribution >= 4 is 33.7 Å². The van der Waals surface area contributed by atoms with E-state index in [0.717, 1.165) is 29.1 Å². The maximum absolute atomic E-state index is 12.5. The molecule has 1 amide bonds. The number of carbonyl (C=O) groups excluding carboxylic acids is 1. The highest BCUT2D eigenvalue weighted by molar-refractivity contribution is 7.23. The second-order valence-electron chi connectivity index (χ2n) is 4.42. The smallest absolute Gasteiger partial charge is 0.296 e. The predicted molar refractivity (Wildman–Crippen MR) is 82.6 cm³/mol. The Hall–Kier alpha value is -2.26. The van der Waals surface area contributed by atoms with Crippen LogP contribution in [0.4, 0.5) is 18.3 Å². The number of halogens is 3. The van der Waals surface area contributed by atoms with Crippen molar-refractivity contribution < 1.29 is 18.0 Å². The van der Waals surface area contributed by atoms with Crippen molar-refractivity contribution in [3.8, 4) is 9.88 Å². The molecule has 1 aromatic carbocycles. The molecule has 3 rings (SSSR count). The number of alkyl halides is 3. The van der Waals surface area contributed by atoms with Crippen LogP contribution in [-0.4, -0.2) is 16.1 Å². The van der Waals surface area contributed by atoms with Crippen LogP contribution in [0.15, 0.2) is 41.8 Å². The minimum absolute atomic E-state index is 0.117. The van der Waals surface area contributed by atoms with Gasteiger partial charge in [0.1, 0.15) is 0 Å². The molecule has 0 spiro atoms. The average molecular weight is 355 g/mol. The van der Waals surface area contributed by atoms with Gasteiger partial charge < -0.3 is 0 Å². The lowest BCUT2D eigenvalue weighted by Crippen LogP contribution is -2.12. The summed E-state index contributed by atoms with van der Waals surface area (Å²) < 4.78 is 37.5. The van der Waals surface area contributed by atoms with E-state index in [1.54, 1.807) is 0 Å². The first-order chi connectivity index (χ1) is 10.9. The molecule has 0 atom stereocenters. The first kappa shape index (κ1) is 15.6. The Morgan fingerprint density at radius 1 is 1.09 bits per heavy atom. The average Bonchev–Trinajstić information content (AvgIpc) is 3.17. The van der Waals surface area contributed by atoms with E-state index in [1.165, 1.54) is 22.7 Å². The Balaban J connectivity index is 1.72. The van der Waals surface area contributed by atoms with Crippen molar-refractivity contribution in [2.24, 2.45) is 0 Å². The van der Waals surface area contributed by atoms with Gasteiger partial charge in [0.15, 0.2) is 5.01 Å². The van der Waals surface area contributed by atoms with Gasteiger partial charge >= 0.3 is 6.18 Å². The van der Waals surface area contributed by atoms with E-state index in [-0.39, 0.29) is 5.56 Å². The lowest BCUT2D eigenvalue weighted by molar-refractivity contribution is -0.137. The summed E-state index contributed by atoms with van der Waals surface area (Å²) in [4.78, 5) is 12.9. The molecule has 4 nitrogen and oxygen atoms in total. The van der Waals surface area contributed by atoms with Gasteiger partial charge in [-0.25, -0.2) is 0 Å². The number of aromatic nitrogens is 2. The monoisotopic (exact) mass is 355 g/mol. The van der Waals surface area contributed by atoms with Gasteiger partial charge in [0.2, 0.25) is 5.13 Å². The fourth-order valence-electron chi connectivity index (χ4n) is 1.75. The van der Waals surface area contributed by atoms with Gasteiger partial charge in [-0.05, 0) is 35.7 Å². The summed E-state index contributed by atoms with van der Waals surface area (Å²) in [6.45, 7) is 0. The molecule has 1 N–H and O–H groups in total.